The SMILES string of the molecule is CN=C(NCc1nc2ccccc2n1C)N1CCCC(C)C1. The van der Waals surface area contributed by atoms with E-state index in [1.54, 1.807) is 0 Å². The summed E-state index contributed by atoms with van der Waals surface area (Å²) in [7, 11) is 3.93. The zero-order valence-electron chi connectivity index (χ0n) is 13.7. The van der Waals surface area contributed by atoms with Crippen LogP contribution in [0.4, 0.5) is 0 Å². The molecule has 1 aromatic heterocycles. The van der Waals surface area contributed by atoms with Crippen molar-refractivity contribution in [1.82, 2.24) is 19.8 Å². The molecule has 5 nitrogen and oxygen atoms in total. The molecule has 1 aliphatic rings. The molecule has 1 atom stereocenters. The third kappa shape index (κ3) is 2.93. The molecule has 1 unspecified atom stereocenters. The van der Waals surface area contributed by atoms with E-state index in [9.17, 15) is 0 Å². The predicted octanol–water partition coefficient (Wildman–Crippen LogP) is 2.38. The molecule has 5 heteroatoms. The number of nitrogens with zero attached hydrogens (tertiary/aromatic N) is 4. The van der Waals surface area contributed by atoms with Gasteiger partial charge in [-0.3, -0.25) is 4.99 Å². The van der Waals surface area contributed by atoms with Gasteiger partial charge in [-0.25, -0.2) is 4.98 Å². The van der Waals surface area contributed by atoms with Gasteiger partial charge in [0.2, 0.25) is 0 Å². The predicted molar refractivity (Wildman–Crippen MR) is 90.9 cm³/mol. The number of benzene rings is 1. The highest BCUT2D eigenvalue weighted by molar-refractivity contribution is 5.80. The van der Waals surface area contributed by atoms with E-state index in [1.807, 2.05) is 13.1 Å². The summed E-state index contributed by atoms with van der Waals surface area (Å²) in [5.74, 6) is 2.76. The third-order valence-electron chi connectivity index (χ3n) is 4.45. The minimum Gasteiger partial charge on any atom is -0.349 e. The van der Waals surface area contributed by atoms with Gasteiger partial charge in [0.1, 0.15) is 5.82 Å². The van der Waals surface area contributed by atoms with Gasteiger partial charge < -0.3 is 14.8 Å². The van der Waals surface area contributed by atoms with Crippen LogP contribution in [0.1, 0.15) is 25.6 Å². The first-order chi connectivity index (χ1) is 10.7. The van der Waals surface area contributed by atoms with E-state index in [1.165, 1.54) is 18.4 Å². The van der Waals surface area contributed by atoms with Crippen molar-refractivity contribution in [3.8, 4) is 0 Å². The first-order valence-electron chi connectivity index (χ1n) is 8.05. The lowest BCUT2D eigenvalue weighted by Gasteiger charge is -2.33. The number of aromatic nitrogens is 2. The van der Waals surface area contributed by atoms with Gasteiger partial charge in [-0.15, -0.1) is 0 Å². The van der Waals surface area contributed by atoms with E-state index in [0.29, 0.717) is 6.54 Å². The number of rotatable bonds is 2. The van der Waals surface area contributed by atoms with Gasteiger partial charge in [-0.05, 0) is 30.9 Å². The molecule has 2 heterocycles. The summed E-state index contributed by atoms with van der Waals surface area (Å²) in [6.07, 6.45) is 2.56. The minimum atomic E-state index is 0.697. The molecule has 3 rings (SSSR count). The molecule has 22 heavy (non-hydrogen) atoms. The minimum absolute atomic E-state index is 0.697. The zero-order chi connectivity index (χ0) is 15.5. The lowest BCUT2D eigenvalue weighted by atomic mass is 10.0. The van der Waals surface area contributed by atoms with Crippen LogP contribution in [0, 0.1) is 5.92 Å². The Morgan fingerprint density at radius 3 is 2.95 bits per heavy atom. The summed E-state index contributed by atoms with van der Waals surface area (Å²) in [5.41, 5.74) is 2.21. The first kappa shape index (κ1) is 14.9. The number of guanidine groups is 1. The van der Waals surface area contributed by atoms with Gasteiger partial charge in [-0.2, -0.15) is 0 Å². The second kappa shape index (κ2) is 6.38. The maximum absolute atomic E-state index is 4.71. The Balaban J connectivity index is 1.71. The molecule has 0 spiro atoms. The molecule has 0 bridgehead atoms. The summed E-state index contributed by atoms with van der Waals surface area (Å²) < 4.78 is 2.15. The summed E-state index contributed by atoms with van der Waals surface area (Å²) in [6, 6.07) is 8.24. The van der Waals surface area contributed by atoms with E-state index in [0.717, 1.165) is 36.3 Å². The van der Waals surface area contributed by atoms with Crippen LogP contribution in [-0.2, 0) is 13.6 Å². The van der Waals surface area contributed by atoms with Gasteiger partial charge in [0.25, 0.3) is 0 Å². The highest BCUT2D eigenvalue weighted by Crippen LogP contribution is 2.16. The zero-order valence-corrected chi connectivity index (χ0v) is 13.7. The topological polar surface area (TPSA) is 45.5 Å². The normalized spacial score (nSPS) is 19.7. The van der Waals surface area contributed by atoms with Crippen LogP contribution >= 0.6 is 0 Å². The number of hydrogen-bond acceptors (Lipinski definition) is 2. The van der Waals surface area contributed by atoms with Gasteiger partial charge in [0.05, 0.1) is 17.6 Å². The van der Waals surface area contributed by atoms with Crippen molar-refractivity contribution in [3.05, 3.63) is 30.1 Å². The second-order valence-corrected chi connectivity index (χ2v) is 6.17. The van der Waals surface area contributed by atoms with Crippen LogP contribution < -0.4 is 5.32 Å². The number of fused-ring (bicyclic) bond motifs is 1. The number of hydrogen-bond donors (Lipinski definition) is 1. The van der Waals surface area contributed by atoms with E-state index in [2.05, 4.69) is 51.9 Å². The Bertz CT molecular complexity index is 673. The standard InChI is InChI=1S/C17H25N5/c1-13-7-6-10-22(12-13)17(18-2)19-11-16-20-14-8-4-5-9-15(14)21(16)3/h4-5,8-9,13H,6-7,10-12H2,1-3H3,(H,18,19). The quantitative estimate of drug-likeness (QED) is 0.684. The molecule has 1 fully saturated rings. The number of para-hydroxylation sites is 2. The molecule has 0 saturated carbocycles. The number of aryl methyl sites for hydroxylation is 1. The number of imidazole rings is 1. The Morgan fingerprint density at radius 1 is 1.41 bits per heavy atom. The summed E-state index contributed by atoms with van der Waals surface area (Å²) in [4.78, 5) is 11.5. The summed E-state index contributed by atoms with van der Waals surface area (Å²) in [6.45, 7) is 5.18. The van der Waals surface area contributed by atoms with Crippen LogP contribution in [0.15, 0.2) is 29.3 Å². The molecule has 1 aliphatic heterocycles. The molecule has 0 amide bonds. The molecule has 118 valence electrons. The molecule has 0 aliphatic carbocycles. The Morgan fingerprint density at radius 2 is 2.23 bits per heavy atom. The van der Waals surface area contributed by atoms with Crippen molar-refractivity contribution in [1.29, 1.82) is 0 Å². The molecule has 1 aromatic carbocycles. The van der Waals surface area contributed by atoms with Crippen LogP contribution in [0.5, 0.6) is 0 Å². The fraction of sp³-hybridized carbons (Fsp3) is 0.529. The maximum Gasteiger partial charge on any atom is 0.194 e. The molecule has 0 radical (unpaired) electrons. The fourth-order valence-corrected chi connectivity index (χ4v) is 3.23. The molecular formula is C17H25N5. The van der Waals surface area contributed by atoms with Crippen LogP contribution in [0.2, 0.25) is 0 Å². The average Bonchev–Trinajstić information content (AvgIpc) is 2.85. The fourth-order valence-electron chi connectivity index (χ4n) is 3.23. The Hall–Kier alpha value is -2.04. The smallest absolute Gasteiger partial charge is 0.194 e. The van der Waals surface area contributed by atoms with Gasteiger partial charge in [0, 0.05) is 27.2 Å². The highest BCUT2D eigenvalue weighted by Gasteiger charge is 2.19. The number of piperidine rings is 1. The number of aliphatic imine (C=N–C) groups is 1. The first-order valence-corrected chi connectivity index (χ1v) is 8.05. The van der Waals surface area contributed by atoms with Crippen molar-refractivity contribution in [2.75, 3.05) is 20.1 Å². The third-order valence-corrected chi connectivity index (χ3v) is 4.45. The van der Waals surface area contributed by atoms with Crippen LogP contribution in [0.25, 0.3) is 11.0 Å². The Labute approximate surface area is 132 Å². The number of likely N-dealkylation sites (tertiary alicyclic amines) is 1. The maximum atomic E-state index is 4.71. The van der Waals surface area contributed by atoms with E-state index in [4.69, 9.17) is 4.98 Å². The lowest BCUT2D eigenvalue weighted by Crippen LogP contribution is -2.46. The summed E-state index contributed by atoms with van der Waals surface area (Å²) >= 11 is 0. The molecule has 1 N–H and O–H groups in total. The Kier molecular flexibility index (Phi) is 4.32. The van der Waals surface area contributed by atoms with Gasteiger partial charge >= 0.3 is 0 Å². The lowest BCUT2D eigenvalue weighted by molar-refractivity contribution is 0.265. The van der Waals surface area contributed by atoms with Gasteiger partial charge in [0.15, 0.2) is 5.96 Å². The summed E-state index contributed by atoms with van der Waals surface area (Å²) in [5, 5.41) is 3.47. The van der Waals surface area contributed by atoms with Crippen molar-refractivity contribution < 1.29 is 0 Å². The average molecular weight is 299 g/mol. The molecule has 1 saturated heterocycles. The van der Waals surface area contributed by atoms with E-state index >= 15 is 0 Å². The van der Waals surface area contributed by atoms with E-state index < -0.39 is 0 Å². The molecule has 2 aromatic rings. The largest absolute Gasteiger partial charge is 0.349 e. The van der Waals surface area contributed by atoms with Crippen molar-refractivity contribution in [2.24, 2.45) is 18.0 Å². The van der Waals surface area contributed by atoms with Crippen molar-refractivity contribution in [3.63, 3.8) is 0 Å². The monoisotopic (exact) mass is 299 g/mol. The van der Waals surface area contributed by atoms with Crippen LogP contribution in [-0.4, -0.2) is 40.5 Å². The van der Waals surface area contributed by atoms with Gasteiger partial charge in [-0.1, -0.05) is 19.1 Å². The van der Waals surface area contributed by atoms with Crippen LogP contribution in [0.3, 0.4) is 0 Å². The number of nitrogens with one attached hydrogen (secondary N) is 1. The highest BCUT2D eigenvalue weighted by atomic mass is 15.3. The second-order valence-electron chi connectivity index (χ2n) is 6.17. The van der Waals surface area contributed by atoms with Crippen molar-refractivity contribution in [2.45, 2.75) is 26.3 Å². The molecular weight excluding hydrogens is 274 g/mol. The van der Waals surface area contributed by atoms with Crippen molar-refractivity contribution >= 4 is 17.0 Å². The van der Waals surface area contributed by atoms with E-state index in [-0.39, 0.29) is 0 Å².